The highest BCUT2D eigenvalue weighted by Crippen LogP contribution is 2.28. The highest BCUT2D eigenvalue weighted by atomic mass is 32.2. The van der Waals surface area contributed by atoms with Gasteiger partial charge in [0.1, 0.15) is 0 Å². The summed E-state index contributed by atoms with van der Waals surface area (Å²) in [7, 11) is -1.79. The van der Waals surface area contributed by atoms with Crippen LogP contribution in [0.15, 0.2) is 0 Å². The molecule has 2 aliphatic carbocycles. The summed E-state index contributed by atoms with van der Waals surface area (Å²) < 4.78 is 28.3. The number of amides is 1. The van der Waals surface area contributed by atoms with E-state index in [1.165, 1.54) is 10.7 Å². The molecule has 0 aromatic carbocycles. The fourth-order valence-corrected chi connectivity index (χ4v) is 3.77. The third kappa shape index (κ3) is 4.43. The van der Waals surface area contributed by atoms with Crippen LogP contribution in [0.25, 0.3) is 0 Å². The van der Waals surface area contributed by atoms with Crippen LogP contribution < -0.4 is 10.0 Å². The molecule has 0 spiro atoms. The first-order valence-corrected chi connectivity index (χ1v) is 8.95. The van der Waals surface area contributed by atoms with E-state index >= 15 is 0 Å². The number of hydrogen-bond donors (Lipinski definition) is 2. The van der Waals surface area contributed by atoms with E-state index in [4.69, 9.17) is 0 Å². The summed E-state index contributed by atoms with van der Waals surface area (Å²) in [6.45, 7) is 0.602. The molecule has 20 heavy (non-hydrogen) atoms. The fraction of sp³-hybridized carbons (Fsp3) is 0.923. The molecule has 0 saturated heterocycles. The van der Waals surface area contributed by atoms with Crippen molar-refractivity contribution in [1.29, 1.82) is 0 Å². The zero-order valence-corrected chi connectivity index (χ0v) is 12.9. The van der Waals surface area contributed by atoms with E-state index in [2.05, 4.69) is 10.0 Å². The van der Waals surface area contributed by atoms with Crippen molar-refractivity contribution in [2.75, 3.05) is 20.1 Å². The lowest BCUT2D eigenvalue weighted by Crippen LogP contribution is -2.46. The molecule has 0 aromatic rings. The van der Waals surface area contributed by atoms with Crippen LogP contribution in [0.2, 0.25) is 0 Å². The lowest BCUT2D eigenvalue weighted by Gasteiger charge is -2.30. The predicted octanol–water partition coefficient (Wildman–Crippen LogP) is 0.611. The molecule has 0 radical (unpaired) electrons. The Morgan fingerprint density at radius 3 is 2.35 bits per heavy atom. The van der Waals surface area contributed by atoms with Crippen LogP contribution in [0.4, 0.5) is 0 Å². The van der Waals surface area contributed by atoms with Crippen molar-refractivity contribution in [3.8, 4) is 0 Å². The van der Waals surface area contributed by atoms with Gasteiger partial charge in [-0.1, -0.05) is 19.3 Å². The maximum atomic E-state index is 12.1. The summed E-state index contributed by atoms with van der Waals surface area (Å²) in [6.07, 6.45) is 7.20. The molecule has 0 atom stereocenters. The Balaban J connectivity index is 1.70. The van der Waals surface area contributed by atoms with E-state index < -0.39 is 10.2 Å². The quantitative estimate of drug-likeness (QED) is 0.677. The Labute approximate surface area is 121 Å². The first-order chi connectivity index (χ1) is 9.50. The number of carbonyl (C=O) groups is 1. The van der Waals surface area contributed by atoms with Crippen molar-refractivity contribution in [2.45, 2.75) is 51.0 Å². The molecular formula is C13H25N3O3S. The molecule has 0 bridgehead atoms. The van der Waals surface area contributed by atoms with Crippen molar-refractivity contribution in [3.05, 3.63) is 0 Å². The molecular weight excluding hydrogens is 278 g/mol. The normalized spacial score (nSPS) is 21.1. The molecule has 6 nitrogen and oxygen atoms in total. The summed E-state index contributed by atoms with van der Waals surface area (Å²) >= 11 is 0. The van der Waals surface area contributed by atoms with Crippen molar-refractivity contribution in [1.82, 2.24) is 14.3 Å². The Morgan fingerprint density at radius 2 is 1.75 bits per heavy atom. The molecule has 0 aromatic heterocycles. The lowest BCUT2D eigenvalue weighted by molar-refractivity contribution is -0.122. The topological polar surface area (TPSA) is 78.5 Å². The predicted molar refractivity (Wildman–Crippen MR) is 77.3 cm³/mol. The molecule has 2 rings (SSSR count). The van der Waals surface area contributed by atoms with Gasteiger partial charge in [0.15, 0.2) is 0 Å². The Hall–Kier alpha value is -0.660. The van der Waals surface area contributed by atoms with Crippen LogP contribution >= 0.6 is 0 Å². The van der Waals surface area contributed by atoms with Crippen molar-refractivity contribution in [3.63, 3.8) is 0 Å². The highest BCUT2D eigenvalue weighted by Gasteiger charge is 2.29. The second-order valence-electron chi connectivity index (χ2n) is 5.77. The molecule has 2 fully saturated rings. The summed E-state index contributed by atoms with van der Waals surface area (Å²) in [5, 5.41) is 2.75. The van der Waals surface area contributed by atoms with E-state index in [-0.39, 0.29) is 24.4 Å². The van der Waals surface area contributed by atoms with Crippen LogP contribution in [0.1, 0.15) is 44.9 Å². The molecule has 0 heterocycles. The number of hydrogen-bond acceptors (Lipinski definition) is 3. The standard InChI is InChI=1S/C13H25N3O3S/c1-16(12-5-3-2-4-6-12)20(18,19)15-10-9-14-13(17)11-7-8-11/h11-12,15H,2-10H2,1H3,(H,14,17). The average Bonchev–Trinajstić information content (AvgIpc) is 3.28. The first kappa shape index (κ1) is 15.7. The van der Waals surface area contributed by atoms with Gasteiger partial charge in [0, 0.05) is 32.1 Å². The van der Waals surface area contributed by atoms with Gasteiger partial charge in [-0.05, 0) is 25.7 Å². The average molecular weight is 303 g/mol. The van der Waals surface area contributed by atoms with Gasteiger partial charge in [0.05, 0.1) is 0 Å². The Bertz CT molecular complexity index is 428. The van der Waals surface area contributed by atoms with Gasteiger partial charge in [-0.2, -0.15) is 12.7 Å². The van der Waals surface area contributed by atoms with E-state index in [9.17, 15) is 13.2 Å². The van der Waals surface area contributed by atoms with Crippen LogP contribution in [-0.2, 0) is 15.0 Å². The van der Waals surface area contributed by atoms with Crippen molar-refractivity contribution < 1.29 is 13.2 Å². The van der Waals surface area contributed by atoms with Crippen LogP contribution in [-0.4, -0.2) is 44.8 Å². The van der Waals surface area contributed by atoms with Gasteiger partial charge in [-0.25, -0.2) is 4.72 Å². The number of carbonyl (C=O) groups excluding carboxylic acids is 1. The monoisotopic (exact) mass is 303 g/mol. The third-order valence-corrected chi connectivity index (χ3v) is 5.75. The molecule has 1 amide bonds. The van der Waals surface area contributed by atoms with Crippen LogP contribution in [0, 0.1) is 5.92 Å². The summed E-state index contributed by atoms with van der Waals surface area (Å²) in [5.74, 6) is 0.210. The minimum Gasteiger partial charge on any atom is -0.355 e. The molecule has 0 aliphatic heterocycles. The van der Waals surface area contributed by atoms with Gasteiger partial charge in [0.25, 0.3) is 10.2 Å². The molecule has 2 N–H and O–H groups in total. The van der Waals surface area contributed by atoms with E-state index in [0.29, 0.717) is 6.54 Å². The number of nitrogens with one attached hydrogen (secondary N) is 2. The molecule has 7 heteroatoms. The zero-order valence-electron chi connectivity index (χ0n) is 12.1. The largest absolute Gasteiger partial charge is 0.355 e. The zero-order chi connectivity index (χ0) is 14.6. The van der Waals surface area contributed by atoms with Gasteiger partial charge in [0.2, 0.25) is 5.91 Å². The van der Waals surface area contributed by atoms with Crippen LogP contribution in [0.5, 0.6) is 0 Å². The number of rotatable bonds is 7. The third-order valence-electron chi connectivity index (χ3n) is 4.12. The smallest absolute Gasteiger partial charge is 0.279 e. The fourth-order valence-electron chi connectivity index (χ4n) is 2.60. The van der Waals surface area contributed by atoms with Gasteiger partial charge in [-0.3, -0.25) is 4.79 Å². The van der Waals surface area contributed by atoms with Gasteiger partial charge in [-0.15, -0.1) is 0 Å². The molecule has 2 saturated carbocycles. The molecule has 2 aliphatic rings. The van der Waals surface area contributed by atoms with Crippen molar-refractivity contribution >= 4 is 16.1 Å². The Kier molecular flexibility index (Phi) is 5.40. The van der Waals surface area contributed by atoms with E-state index in [1.54, 1.807) is 7.05 Å². The van der Waals surface area contributed by atoms with Crippen molar-refractivity contribution in [2.24, 2.45) is 5.92 Å². The van der Waals surface area contributed by atoms with Gasteiger partial charge < -0.3 is 5.32 Å². The van der Waals surface area contributed by atoms with Gasteiger partial charge >= 0.3 is 0 Å². The summed E-state index contributed by atoms with van der Waals surface area (Å²) in [4.78, 5) is 11.4. The van der Waals surface area contributed by atoms with Crippen LogP contribution in [0.3, 0.4) is 0 Å². The van der Waals surface area contributed by atoms with E-state index in [1.807, 2.05) is 0 Å². The second kappa shape index (κ2) is 6.87. The highest BCUT2D eigenvalue weighted by molar-refractivity contribution is 7.87. The lowest BCUT2D eigenvalue weighted by atomic mass is 9.96. The summed E-state index contributed by atoms with van der Waals surface area (Å²) in [5.41, 5.74) is 0. The molecule has 116 valence electrons. The second-order valence-corrected chi connectivity index (χ2v) is 7.59. The minimum atomic E-state index is -3.43. The maximum absolute atomic E-state index is 12.1. The SMILES string of the molecule is CN(C1CCCCC1)S(=O)(=O)NCCNC(=O)C1CC1. The first-order valence-electron chi connectivity index (χ1n) is 7.51. The van der Waals surface area contributed by atoms with E-state index in [0.717, 1.165) is 38.5 Å². The summed E-state index contributed by atoms with van der Waals surface area (Å²) in [6, 6.07) is 0.113. The minimum absolute atomic E-state index is 0.0461. The number of nitrogens with zero attached hydrogens (tertiary/aromatic N) is 1. The Morgan fingerprint density at radius 1 is 1.10 bits per heavy atom. The maximum Gasteiger partial charge on any atom is 0.279 e. The molecule has 0 unspecified atom stereocenters.